The van der Waals surface area contributed by atoms with Gasteiger partial charge in [-0.05, 0) is 6.07 Å². The lowest BCUT2D eigenvalue weighted by molar-refractivity contribution is 1.17. The summed E-state index contributed by atoms with van der Waals surface area (Å²) in [5.41, 5.74) is 7.78. The monoisotopic (exact) mass is 195 g/mol. The summed E-state index contributed by atoms with van der Waals surface area (Å²) in [6.07, 6.45) is 5.27. The molecule has 1 aromatic carbocycles. The molecule has 72 valence electrons. The first kappa shape index (κ1) is 9.22. The maximum absolute atomic E-state index is 5.55. The zero-order valence-corrected chi connectivity index (χ0v) is 8.01. The number of terminal acetylenes is 1. The lowest BCUT2D eigenvalue weighted by Crippen LogP contribution is -1.98. The number of hydrogen-bond acceptors (Lipinski definition) is 3. The summed E-state index contributed by atoms with van der Waals surface area (Å²) in [5.74, 6) is 2.65. The lowest BCUT2D eigenvalue weighted by atomic mass is 10.1. The molecule has 3 nitrogen and oxygen atoms in total. The molecule has 15 heavy (non-hydrogen) atoms. The summed E-state index contributed by atoms with van der Waals surface area (Å²) in [7, 11) is 0. The Morgan fingerprint density at radius 2 is 1.87 bits per heavy atom. The van der Waals surface area contributed by atoms with Gasteiger partial charge in [0.1, 0.15) is 5.69 Å². The highest BCUT2D eigenvalue weighted by atomic mass is 15.0. The third kappa shape index (κ3) is 1.94. The third-order valence-corrected chi connectivity index (χ3v) is 1.96. The summed E-state index contributed by atoms with van der Waals surface area (Å²) < 4.78 is 0. The van der Waals surface area contributed by atoms with Gasteiger partial charge >= 0.3 is 0 Å². The topological polar surface area (TPSA) is 51.8 Å². The van der Waals surface area contributed by atoms with Crippen molar-refractivity contribution in [3.63, 3.8) is 0 Å². The molecule has 0 unspecified atom stereocenters. The van der Waals surface area contributed by atoms with Crippen molar-refractivity contribution < 1.29 is 0 Å². The van der Waals surface area contributed by atoms with Crippen molar-refractivity contribution in [3.05, 3.63) is 42.1 Å². The highest BCUT2D eigenvalue weighted by Gasteiger charge is 2.02. The minimum Gasteiger partial charge on any atom is -0.368 e. The smallest absolute Gasteiger partial charge is 0.221 e. The Morgan fingerprint density at radius 1 is 1.13 bits per heavy atom. The molecule has 0 aliphatic rings. The van der Waals surface area contributed by atoms with Crippen LogP contribution in [-0.4, -0.2) is 9.97 Å². The first-order valence-electron chi connectivity index (χ1n) is 4.46. The van der Waals surface area contributed by atoms with Crippen molar-refractivity contribution in [1.82, 2.24) is 9.97 Å². The highest BCUT2D eigenvalue weighted by molar-refractivity contribution is 5.61. The Hall–Kier alpha value is -2.34. The molecule has 0 radical (unpaired) electrons. The van der Waals surface area contributed by atoms with Crippen LogP contribution in [0.4, 0.5) is 5.95 Å². The molecule has 0 saturated heterocycles. The molecule has 0 aliphatic carbocycles. The maximum Gasteiger partial charge on any atom is 0.221 e. The van der Waals surface area contributed by atoms with Gasteiger partial charge in [-0.25, -0.2) is 9.97 Å². The van der Waals surface area contributed by atoms with E-state index in [4.69, 9.17) is 12.2 Å². The number of nitrogens with zero attached hydrogens (tertiary/aromatic N) is 2. The average molecular weight is 195 g/mol. The number of rotatable bonds is 1. The zero-order valence-electron chi connectivity index (χ0n) is 8.01. The van der Waals surface area contributed by atoms with Crippen molar-refractivity contribution in [3.8, 4) is 23.6 Å². The molecule has 3 heteroatoms. The number of nitrogens with two attached hydrogens (primary N) is 1. The number of anilines is 1. The van der Waals surface area contributed by atoms with E-state index in [2.05, 4.69) is 15.9 Å². The minimum atomic E-state index is 0.198. The molecule has 2 rings (SSSR count). The number of aromatic nitrogens is 2. The van der Waals surface area contributed by atoms with Crippen molar-refractivity contribution in [2.75, 3.05) is 5.73 Å². The van der Waals surface area contributed by atoms with Gasteiger partial charge in [-0.3, -0.25) is 0 Å². The van der Waals surface area contributed by atoms with Gasteiger partial charge in [-0.2, -0.15) is 0 Å². The van der Waals surface area contributed by atoms with Crippen LogP contribution in [0.15, 0.2) is 36.4 Å². The van der Waals surface area contributed by atoms with Crippen molar-refractivity contribution in [1.29, 1.82) is 0 Å². The van der Waals surface area contributed by atoms with Gasteiger partial charge in [-0.1, -0.05) is 36.3 Å². The number of hydrogen-bond donors (Lipinski definition) is 1. The van der Waals surface area contributed by atoms with Crippen LogP contribution in [0, 0.1) is 12.3 Å². The quantitative estimate of drug-likeness (QED) is 0.705. The Balaban J connectivity index is 2.55. The van der Waals surface area contributed by atoms with Crippen LogP contribution in [0.2, 0.25) is 0 Å². The van der Waals surface area contributed by atoms with Gasteiger partial charge in [-0.15, -0.1) is 6.42 Å². The van der Waals surface area contributed by atoms with Gasteiger partial charge in [0, 0.05) is 5.56 Å². The van der Waals surface area contributed by atoms with E-state index in [1.54, 1.807) is 6.07 Å². The highest BCUT2D eigenvalue weighted by Crippen LogP contribution is 2.17. The van der Waals surface area contributed by atoms with E-state index in [1.165, 1.54) is 0 Å². The first-order chi connectivity index (χ1) is 7.29. The zero-order chi connectivity index (χ0) is 10.7. The van der Waals surface area contributed by atoms with Gasteiger partial charge in [0.15, 0.2) is 0 Å². The predicted molar refractivity (Wildman–Crippen MR) is 59.8 cm³/mol. The van der Waals surface area contributed by atoms with Gasteiger partial charge in [0.25, 0.3) is 0 Å². The standard InChI is InChI=1S/C12H9N3/c1-2-10-8-11(15-12(13)14-10)9-6-4-3-5-7-9/h1,3-8H,(H2,13,14,15). The molecular formula is C12H9N3. The summed E-state index contributed by atoms with van der Waals surface area (Å²) in [4.78, 5) is 8.03. The molecule has 0 bridgehead atoms. The normalized spacial score (nSPS) is 9.53. The SMILES string of the molecule is C#Cc1cc(-c2ccccc2)nc(N)n1. The molecule has 0 fully saturated rings. The largest absolute Gasteiger partial charge is 0.368 e. The van der Waals surface area contributed by atoms with Gasteiger partial charge in [0.2, 0.25) is 5.95 Å². The van der Waals surface area contributed by atoms with Gasteiger partial charge in [0.05, 0.1) is 5.69 Å². The molecule has 2 N–H and O–H groups in total. The molecule has 1 heterocycles. The van der Waals surface area contributed by atoms with E-state index in [-0.39, 0.29) is 5.95 Å². The van der Waals surface area contributed by atoms with E-state index >= 15 is 0 Å². The Morgan fingerprint density at radius 3 is 2.53 bits per heavy atom. The molecule has 2 aromatic rings. The van der Waals surface area contributed by atoms with Crippen molar-refractivity contribution >= 4 is 5.95 Å². The fourth-order valence-corrected chi connectivity index (χ4v) is 1.30. The molecular weight excluding hydrogens is 186 g/mol. The summed E-state index contributed by atoms with van der Waals surface area (Å²) in [5, 5.41) is 0. The Bertz CT molecular complexity index is 512. The van der Waals surface area contributed by atoms with Crippen LogP contribution in [0.25, 0.3) is 11.3 Å². The summed E-state index contributed by atoms with van der Waals surface area (Å²) >= 11 is 0. The van der Waals surface area contributed by atoms with Crippen LogP contribution in [0.5, 0.6) is 0 Å². The number of benzene rings is 1. The fourth-order valence-electron chi connectivity index (χ4n) is 1.30. The van der Waals surface area contributed by atoms with Crippen LogP contribution in [0.1, 0.15) is 5.69 Å². The first-order valence-corrected chi connectivity index (χ1v) is 4.46. The summed E-state index contributed by atoms with van der Waals surface area (Å²) in [6, 6.07) is 11.4. The fraction of sp³-hybridized carbons (Fsp3) is 0. The average Bonchev–Trinajstić information content (AvgIpc) is 2.29. The van der Waals surface area contributed by atoms with Crippen molar-refractivity contribution in [2.45, 2.75) is 0 Å². The van der Waals surface area contributed by atoms with Crippen LogP contribution >= 0.6 is 0 Å². The molecule has 0 spiro atoms. The van der Waals surface area contributed by atoms with Crippen LogP contribution in [0.3, 0.4) is 0 Å². The van der Waals surface area contributed by atoms with E-state index in [0.717, 1.165) is 11.3 Å². The van der Waals surface area contributed by atoms with E-state index in [0.29, 0.717) is 5.69 Å². The van der Waals surface area contributed by atoms with Gasteiger partial charge < -0.3 is 5.73 Å². The second-order valence-corrected chi connectivity index (χ2v) is 3.01. The van der Waals surface area contributed by atoms with Crippen LogP contribution in [-0.2, 0) is 0 Å². The number of nitrogen functional groups attached to an aromatic ring is 1. The van der Waals surface area contributed by atoms with E-state index in [9.17, 15) is 0 Å². The van der Waals surface area contributed by atoms with Crippen molar-refractivity contribution in [2.24, 2.45) is 0 Å². The van der Waals surface area contributed by atoms with Crippen LogP contribution < -0.4 is 5.73 Å². The third-order valence-electron chi connectivity index (χ3n) is 1.96. The predicted octanol–water partition coefficient (Wildman–Crippen LogP) is 1.71. The minimum absolute atomic E-state index is 0.198. The lowest BCUT2D eigenvalue weighted by Gasteiger charge is -2.01. The molecule has 0 amide bonds. The second-order valence-electron chi connectivity index (χ2n) is 3.01. The Kier molecular flexibility index (Phi) is 2.34. The van der Waals surface area contributed by atoms with E-state index in [1.807, 2.05) is 30.3 Å². The maximum atomic E-state index is 5.55. The Labute approximate surface area is 88.0 Å². The van der Waals surface area contributed by atoms with E-state index < -0.39 is 0 Å². The molecule has 0 atom stereocenters. The second kappa shape index (κ2) is 3.81. The summed E-state index contributed by atoms with van der Waals surface area (Å²) in [6.45, 7) is 0. The molecule has 0 aliphatic heterocycles. The molecule has 0 saturated carbocycles. The molecule has 1 aromatic heterocycles.